The second-order valence-corrected chi connectivity index (χ2v) is 13.6. The number of fused-ring (bicyclic) bond motifs is 1. The second kappa shape index (κ2) is 8.59. The van der Waals surface area contributed by atoms with Gasteiger partial charge in [0.25, 0.3) is 0 Å². The number of halogens is 1. The Bertz CT molecular complexity index is 1550. The zero-order valence-corrected chi connectivity index (χ0v) is 23.8. The van der Waals surface area contributed by atoms with Gasteiger partial charge in [-0.05, 0) is 77.4 Å². The van der Waals surface area contributed by atoms with E-state index < -0.39 is 15.6 Å². The van der Waals surface area contributed by atoms with Crippen LogP contribution in [0.15, 0.2) is 65.7 Å². The Hall–Kier alpha value is -2.86. The van der Waals surface area contributed by atoms with Crippen LogP contribution in [0.5, 0.6) is 5.75 Å². The number of ether oxygens (including phenoxy) is 1. The highest BCUT2D eigenvalue weighted by molar-refractivity contribution is 14.1. The molecule has 0 amide bonds. The number of aromatic nitrogens is 2. The van der Waals surface area contributed by atoms with Crippen LogP contribution in [0.2, 0.25) is 0 Å². The van der Waals surface area contributed by atoms with Gasteiger partial charge in [0.15, 0.2) is 15.7 Å². The molecule has 1 unspecified atom stereocenters. The number of hydrogen-bond donors (Lipinski definition) is 0. The van der Waals surface area contributed by atoms with Gasteiger partial charge in [0.1, 0.15) is 5.75 Å². The molecule has 2 aromatic carbocycles. The molecule has 2 saturated heterocycles. The van der Waals surface area contributed by atoms with E-state index in [0.29, 0.717) is 18.7 Å². The molecule has 37 heavy (non-hydrogen) atoms. The molecule has 1 atom stereocenters. The molecule has 192 valence electrons. The largest absolute Gasteiger partial charge is 0.495 e. The Labute approximate surface area is 230 Å². The molecule has 3 aliphatic rings. The molecule has 6 rings (SSSR count). The predicted octanol–water partition coefficient (Wildman–Crippen LogP) is 4.51. The molecule has 3 aromatic rings. The van der Waals surface area contributed by atoms with Crippen molar-refractivity contribution in [2.75, 3.05) is 25.2 Å². The molecule has 1 aromatic heterocycles. The average Bonchev–Trinajstić information content (AvgIpc) is 3.42. The maximum atomic E-state index is 12.3. The highest BCUT2D eigenvalue weighted by Gasteiger charge is 2.58. The van der Waals surface area contributed by atoms with Gasteiger partial charge in [-0.2, -0.15) is 0 Å². The van der Waals surface area contributed by atoms with Crippen molar-refractivity contribution < 1.29 is 18.0 Å². The number of hydrogen-bond acceptors (Lipinski definition) is 7. The standard InChI is InChI=1S/C27H27IN4O4S/c1-18-13-31(17-29-18)23-9-4-19(11-24(23)35-3)10-20-12-27(15-37(33,34)16-27)14-32-25(20)30-36-26(32,2)21-5-7-22(28)8-6-21/h4-11,13,17H,12,14-16H2,1-3H3. The molecule has 0 saturated carbocycles. The van der Waals surface area contributed by atoms with Gasteiger partial charge in [-0.25, -0.2) is 13.4 Å². The van der Waals surface area contributed by atoms with Crippen LogP contribution < -0.4 is 4.74 Å². The summed E-state index contributed by atoms with van der Waals surface area (Å²) in [7, 11) is -1.38. The van der Waals surface area contributed by atoms with Crippen LogP contribution in [0.25, 0.3) is 11.8 Å². The normalized spacial score (nSPS) is 24.4. The second-order valence-electron chi connectivity index (χ2n) is 10.3. The van der Waals surface area contributed by atoms with E-state index in [-0.39, 0.29) is 16.9 Å². The Balaban J connectivity index is 1.40. The molecule has 0 bridgehead atoms. The number of benzene rings is 2. The minimum Gasteiger partial charge on any atom is -0.495 e. The fourth-order valence-corrected chi connectivity index (χ4v) is 8.21. The number of aryl methyl sites for hydroxylation is 1. The van der Waals surface area contributed by atoms with Crippen molar-refractivity contribution >= 4 is 44.3 Å². The maximum Gasteiger partial charge on any atom is 0.234 e. The molecule has 8 nitrogen and oxygen atoms in total. The van der Waals surface area contributed by atoms with Gasteiger partial charge in [-0.3, -0.25) is 0 Å². The smallest absolute Gasteiger partial charge is 0.234 e. The summed E-state index contributed by atoms with van der Waals surface area (Å²) >= 11 is 2.28. The molecule has 3 aliphatic heterocycles. The SMILES string of the molecule is COc1cc(C=C2CC3(CN4C2=NOC4(C)c2ccc(I)cc2)CS(=O)(=O)C3)ccc1-n1cnc(C)c1. The summed E-state index contributed by atoms with van der Waals surface area (Å²) in [5.41, 5.74) is 3.52. The van der Waals surface area contributed by atoms with Crippen molar-refractivity contribution in [1.29, 1.82) is 0 Å². The molecule has 1 spiro atoms. The molecule has 10 heteroatoms. The first kappa shape index (κ1) is 24.5. The number of piperidine rings is 1. The average molecular weight is 631 g/mol. The van der Waals surface area contributed by atoms with Crippen molar-refractivity contribution in [2.45, 2.75) is 26.0 Å². The van der Waals surface area contributed by atoms with Crippen LogP contribution in [-0.2, 0) is 20.4 Å². The first-order valence-corrected chi connectivity index (χ1v) is 14.9. The minimum atomic E-state index is -3.03. The van der Waals surface area contributed by atoms with E-state index in [9.17, 15) is 8.42 Å². The number of imidazole rings is 1. The van der Waals surface area contributed by atoms with Crippen LogP contribution in [-0.4, -0.2) is 53.9 Å². The van der Waals surface area contributed by atoms with E-state index in [4.69, 9.17) is 9.57 Å². The van der Waals surface area contributed by atoms with Crippen molar-refractivity contribution in [3.05, 3.63) is 81.0 Å². The number of rotatable bonds is 4. The third-order valence-electron chi connectivity index (χ3n) is 7.39. The molecule has 0 radical (unpaired) electrons. The van der Waals surface area contributed by atoms with Crippen molar-refractivity contribution in [1.82, 2.24) is 14.5 Å². The summed E-state index contributed by atoms with van der Waals surface area (Å²) in [6, 6.07) is 14.2. The van der Waals surface area contributed by atoms with Crippen LogP contribution in [0.3, 0.4) is 0 Å². The fourth-order valence-electron chi connectivity index (χ4n) is 5.68. The molecule has 0 N–H and O–H groups in total. The summed E-state index contributed by atoms with van der Waals surface area (Å²) < 4.78 is 33.4. The highest BCUT2D eigenvalue weighted by atomic mass is 127. The number of oxime groups is 1. The van der Waals surface area contributed by atoms with Crippen LogP contribution in [0.1, 0.15) is 30.2 Å². The van der Waals surface area contributed by atoms with E-state index in [1.165, 1.54) is 0 Å². The summed E-state index contributed by atoms with van der Waals surface area (Å²) in [5.74, 6) is 1.82. The number of methoxy groups -OCH3 is 1. The lowest BCUT2D eigenvalue weighted by Gasteiger charge is -2.50. The molecular formula is C27H27IN4O4S. The monoisotopic (exact) mass is 630 g/mol. The van der Waals surface area contributed by atoms with Gasteiger partial charge in [0.05, 0.1) is 36.3 Å². The highest BCUT2D eigenvalue weighted by Crippen LogP contribution is 2.49. The Morgan fingerprint density at radius 1 is 1.16 bits per heavy atom. The third kappa shape index (κ3) is 4.23. The van der Waals surface area contributed by atoms with E-state index in [1.807, 2.05) is 67.1 Å². The topological polar surface area (TPSA) is 86.0 Å². The van der Waals surface area contributed by atoms with E-state index in [1.54, 1.807) is 13.4 Å². The van der Waals surface area contributed by atoms with Gasteiger partial charge >= 0.3 is 0 Å². The molecular weight excluding hydrogens is 603 g/mol. The lowest BCUT2D eigenvalue weighted by Crippen LogP contribution is -2.62. The fraction of sp³-hybridized carbons (Fsp3) is 0.333. The zero-order chi connectivity index (χ0) is 26.0. The zero-order valence-electron chi connectivity index (χ0n) is 20.8. The van der Waals surface area contributed by atoms with Crippen molar-refractivity contribution in [3.63, 3.8) is 0 Å². The Morgan fingerprint density at radius 3 is 2.57 bits per heavy atom. The Morgan fingerprint density at radius 2 is 1.92 bits per heavy atom. The molecule has 2 fully saturated rings. The minimum absolute atomic E-state index is 0.173. The quantitative estimate of drug-likeness (QED) is 0.395. The number of nitrogens with zero attached hydrogens (tertiary/aromatic N) is 4. The van der Waals surface area contributed by atoms with Crippen LogP contribution >= 0.6 is 22.6 Å². The summed E-state index contributed by atoms with van der Waals surface area (Å²) in [6.45, 7) is 4.52. The van der Waals surface area contributed by atoms with Crippen LogP contribution in [0, 0.1) is 15.9 Å². The van der Waals surface area contributed by atoms with Gasteiger partial charge < -0.3 is 19.0 Å². The van der Waals surface area contributed by atoms with Gasteiger partial charge in [-0.1, -0.05) is 23.4 Å². The third-order valence-corrected chi connectivity index (χ3v) is 10.2. The van der Waals surface area contributed by atoms with Crippen molar-refractivity contribution in [2.24, 2.45) is 10.6 Å². The van der Waals surface area contributed by atoms with E-state index in [2.05, 4.69) is 43.7 Å². The molecule has 0 aliphatic carbocycles. The first-order valence-electron chi connectivity index (χ1n) is 12.0. The predicted molar refractivity (Wildman–Crippen MR) is 150 cm³/mol. The maximum absolute atomic E-state index is 12.3. The number of amidine groups is 1. The first-order chi connectivity index (χ1) is 17.6. The molecule has 4 heterocycles. The number of sulfone groups is 1. The van der Waals surface area contributed by atoms with Gasteiger partial charge in [0, 0.05) is 34.2 Å². The summed E-state index contributed by atoms with van der Waals surface area (Å²) in [4.78, 5) is 12.6. The Kier molecular flexibility index (Phi) is 5.68. The van der Waals surface area contributed by atoms with Crippen LogP contribution in [0.4, 0.5) is 0 Å². The van der Waals surface area contributed by atoms with Gasteiger partial charge in [0.2, 0.25) is 5.72 Å². The summed E-state index contributed by atoms with van der Waals surface area (Å²) in [5, 5.41) is 4.54. The lowest BCUT2D eigenvalue weighted by molar-refractivity contribution is -0.101. The van der Waals surface area contributed by atoms with E-state index >= 15 is 0 Å². The van der Waals surface area contributed by atoms with Crippen molar-refractivity contribution in [3.8, 4) is 11.4 Å². The van der Waals surface area contributed by atoms with Gasteiger partial charge in [-0.15, -0.1) is 0 Å². The summed E-state index contributed by atoms with van der Waals surface area (Å²) in [6.07, 6.45) is 6.41. The lowest BCUT2D eigenvalue weighted by atomic mass is 9.78. The van der Waals surface area contributed by atoms with E-state index in [0.717, 1.165) is 37.5 Å².